The number of hydrogen-bond donors (Lipinski definition) is 0. The lowest BCUT2D eigenvalue weighted by molar-refractivity contribution is 0.0914. The standard InChI is InChI=1S/C20H22ClNO4S/c1-2-13-22(20(23)26-15-17-9-5-3-6-10-17)18(14-21)16-27(24,25)19-11-7-4-8-12-19/h2-12,18H,1,13-16H2. The molecule has 0 bridgehead atoms. The van der Waals surface area contributed by atoms with Crippen LogP contribution in [0.4, 0.5) is 4.79 Å². The molecule has 27 heavy (non-hydrogen) atoms. The Morgan fingerprint density at radius 3 is 2.26 bits per heavy atom. The van der Waals surface area contributed by atoms with Crippen molar-refractivity contribution in [3.05, 3.63) is 78.9 Å². The molecule has 0 aliphatic carbocycles. The first-order chi connectivity index (χ1) is 13.0. The molecule has 0 aromatic heterocycles. The van der Waals surface area contributed by atoms with Crippen LogP contribution in [0, 0.1) is 0 Å². The van der Waals surface area contributed by atoms with Crippen molar-refractivity contribution >= 4 is 27.5 Å². The summed E-state index contributed by atoms with van der Waals surface area (Å²) in [7, 11) is -3.60. The Morgan fingerprint density at radius 1 is 1.11 bits per heavy atom. The minimum Gasteiger partial charge on any atom is -0.445 e. The van der Waals surface area contributed by atoms with E-state index in [1.54, 1.807) is 18.2 Å². The molecule has 0 saturated carbocycles. The van der Waals surface area contributed by atoms with Gasteiger partial charge in [0.15, 0.2) is 9.84 Å². The summed E-state index contributed by atoms with van der Waals surface area (Å²) in [6.07, 6.45) is 0.881. The highest BCUT2D eigenvalue weighted by Gasteiger charge is 2.29. The van der Waals surface area contributed by atoms with Gasteiger partial charge in [0.1, 0.15) is 6.61 Å². The van der Waals surface area contributed by atoms with E-state index in [2.05, 4.69) is 6.58 Å². The first-order valence-corrected chi connectivity index (χ1v) is 10.6. The van der Waals surface area contributed by atoms with Crippen LogP contribution >= 0.6 is 11.6 Å². The average molecular weight is 408 g/mol. The number of halogens is 1. The Hall–Kier alpha value is -2.31. The Bertz CT molecular complexity index is 841. The SMILES string of the molecule is C=CCN(C(=O)OCc1ccccc1)C(CCl)CS(=O)(=O)c1ccccc1. The lowest BCUT2D eigenvalue weighted by atomic mass is 10.2. The monoisotopic (exact) mass is 407 g/mol. The summed E-state index contributed by atoms with van der Waals surface area (Å²) in [5.41, 5.74) is 0.837. The Balaban J connectivity index is 2.11. The van der Waals surface area contributed by atoms with Gasteiger partial charge in [-0.25, -0.2) is 13.2 Å². The predicted octanol–water partition coefficient (Wildman–Crippen LogP) is 3.89. The molecule has 0 aliphatic heterocycles. The summed E-state index contributed by atoms with van der Waals surface area (Å²) < 4.78 is 30.6. The molecule has 0 spiro atoms. The number of alkyl halides is 1. The topological polar surface area (TPSA) is 63.7 Å². The van der Waals surface area contributed by atoms with Crippen molar-refractivity contribution in [2.45, 2.75) is 17.5 Å². The highest BCUT2D eigenvalue weighted by molar-refractivity contribution is 7.91. The molecule has 1 unspecified atom stereocenters. The van der Waals surface area contributed by atoms with Crippen LogP contribution in [0.5, 0.6) is 0 Å². The molecular weight excluding hydrogens is 386 g/mol. The number of amides is 1. The molecule has 1 atom stereocenters. The molecule has 2 aromatic carbocycles. The second-order valence-corrected chi connectivity index (χ2v) is 8.23. The number of sulfone groups is 1. The van der Waals surface area contributed by atoms with E-state index in [0.717, 1.165) is 5.56 Å². The molecule has 0 saturated heterocycles. The molecule has 0 radical (unpaired) electrons. The molecular formula is C20H22ClNO4S. The second-order valence-electron chi connectivity index (χ2n) is 5.88. The van der Waals surface area contributed by atoms with Gasteiger partial charge < -0.3 is 4.74 Å². The van der Waals surface area contributed by atoms with Gasteiger partial charge in [-0.15, -0.1) is 18.2 Å². The molecule has 5 nitrogen and oxygen atoms in total. The normalized spacial score (nSPS) is 12.2. The van der Waals surface area contributed by atoms with Crippen LogP contribution in [0.25, 0.3) is 0 Å². The minimum atomic E-state index is -3.60. The van der Waals surface area contributed by atoms with E-state index in [4.69, 9.17) is 16.3 Å². The predicted molar refractivity (Wildman–Crippen MR) is 107 cm³/mol. The molecule has 2 rings (SSSR count). The Morgan fingerprint density at radius 2 is 1.70 bits per heavy atom. The van der Waals surface area contributed by atoms with Crippen molar-refractivity contribution in [2.75, 3.05) is 18.2 Å². The second kappa shape index (κ2) is 10.1. The highest BCUT2D eigenvalue weighted by atomic mass is 35.5. The zero-order valence-electron chi connectivity index (χ0n) is 14.8. The van der Waals surface area contributed by atoms with Gasteiger partial charge in [0.2, 0.25) is 0 Å². The maximum Gasteiger partial charge on any atom is 0.410 e. The van der Waals surface area contributed by atoms with E-state index in [-0.39, 0.29) is 29.7 Å². The van der Waals surface area contributed by atoms with Crippen molar-refractivity contribution in [2.24, 2.45) is 0 Å². The number of carbonyl (C=O) groups is 1. The van der Waals surface area contributed by atoms with E-state index in [9.17, 15) is 13.2 Å². The van der Waals surface area contributed by atoms with Crippen LogP contribution in [-0.4, -0.2) is 43.6 Å². The van der Waals surface area contributed by atoms with Crippen molar-refractivity contribution in [1.82, 2.24) is 4.90 Å². The van der Waals surface area contributed by atoms with Gasteiger partial charge in [-0.05, 0) is 17.7 Å². The van der Waals surface area contributed by atoms with Gasteiger partial charge in [-0.2, -0.15) is 0 Å². The zero-order chi connectivity index (χ0) is 19.7. The Labute approximate surface area is 165 Å². The number of rotatable bonds is 9. The summed E-state index contributed by atoms with van der Waals surface area (Å²) in [6.45, 7) is 3.86. The number of hydrogen-bond acceptors (Lipinski definition) is 4. The van der Waals surface area contributed by atoms with E-state index >= 15 is 0 Å². The van der Waals surface area contributed by atoms with Crippen LogP contribution in [0.15, 0.2) is 78.2 Å². The van der Waals surface area contributed by atoms with E-state index in [1.807, 2.05) is 30.3 Å². The first kappa shape index (κ1) is 21.0. The fourth-order valence-corrected chi connectivity index (χ4v) is 4.48. The quantitative estimate of drug-likeness (QED) is 0.467. The summed E-state index contributed by atoms with van der Waals surface area (Å²) in [5.74, 6) is -0.338. The van der Waals surface area contributed by atoms with Gasteiger partial charge >= 0.3 is 6.09 Å². The van der Waals surface area contributed by atoms with Crippen LogP contribution in [0.1, 0.15) is 5.56 Å². The van der Waals surface area contributed by atoms with Crippen LogP contribution in [0.2, 0.25) is 0 Å². The minimum absolute atomic E-state index is 0.0413. The molecule has 0 aliphatic rings. The summed E-state index contributed by atoms with van der Waals surface area (Å²) in [6, 6.07) is 16.6. The third kappa shape index (κ3) is 6.12. The average Bonchev–Trinajstić information content (AvgIpc) is 2.70. The number of benzene rings is 2. The molecule has 144 valence electrons. The molecule has 1 amide bonds. The lowest BCUT2D eigenvalue weighted by Crippen LogP contribution is -2.45. The maximum atomic E-state index is 12.6. The lowest BCUT2D eigenvalue weighted by Gasteiger charge is -2.28. The van der Waals surface area contributed by atoms with Crippen molar-refractivity contribution in [1.29, 1.82) is 0 Å². The number of ether oxygens (including phenoxy) is 1. The number of nitrogens with zero attached hydrogens (tertiary/aromatic N) is 1. The highest BCUT2D eigenvalue weighted by Crippen LogP contribution is 2.16. The van der Waals surface area contributed by atoms with Gasteiger partial charge in [0.05, 0.1) is 16.7 Å². The number of carbonyl (C=O) groups excluding carboxylic acids is 1. The van der Waals surface area contributed by atoms with E-state index < -0.39 is 22.0 Å². The largest absolute Gasteiger partial charge is 0.445 e. The first-order valence-electron chi connectivity index (χ1n) is 8.40. The van der Waals surface area contributed by atoms with Crippen molar-refractivity contribution < 1.29 is 17.9 Å². The third-order valence-corrected chi connectivity index (χ3v) is 6.07. The van der Waals surface area contributed by atoms with Crippen molar-refractivity contribution in [3.8, 4) is 0 Å². The van der Waals surface area contributed by atoms with Crippen LogP contribution in [0.3, 0.4) is 0 Å². The van der Waals surface area contributed by atoms with Crippen LogP contribution in [-0.2, 0) is 21.2 Å². The summed E-state index contributed by atoms with van der Waals surface area (Å²) in [4.78, 5) is 14.0. The Kier molecular flexibility index (Phi) is 7.88. The van der Waals surface area contributed by atoms with E-state index in [1.165, 1.54) is 23.1 Å². The van der Waals surface area contributed by atoms with Crippen LogP contribution < -0.4 is 0 Å². The summed E-state index contributed by atoms with van der Waals surface area (Å²) >= 11 is 6.00. The molecule has 2 aromatic rings. The van der Waals surface area contributed by atoms with Gasteiger partial charge in [-0.1, -0.05) is 54.6 Å². The zero-order valence-corrected chi connectivity index (χ0v) is 16.4. The molecule has 0 heterocycles. The van der Waals surface area contributed by atoms with Gasteiger partial charge in [-0.3, -0.25) is 4.90 Å². The summed E-state index contributed by atoms with van der Waals surface area (Å²) in [5, 5.41) is 0. The molecule has 0 N–H and O–H groups in total. The fourth-order valence-electron chi connectivity index (χ4n) is 2.51. The maximum absolute atomic E-state index is 12.6. The van der Waals surface area contributed by atoms with Crippen molar-refractivity contribution in [3.63, 3.8) is 0 Å². The third-order valence-electron chi connectivity index (χ3n) is 3.90. The van der Waals surface area contributed by atoms with E-state index in [0.29, 0.717) is 0 Å². The van der Waals surface area contributed by atoms with Gasteiger partial charge in [0, 0.05) is 12.4 Å². The molecule has 0 fully saturated rings. The van der Waals surface area contributed by atoms with Gasteiger partial charge in [0.25, 0.3) is 0 Å². The molecule has 7 heteroatoms. The fraction of sp³-hybridized carbons (Fsp3) is 0.250. The smallest absolute Gasteiger partial charge is 0.410 e.